The number of halogens is 1. The number of ether oxygens (including phenoxy) is 1. The summed E-state index contributed by atoms with van der Waals surface area (Å²) < 4.78 is 18.6. The van der Waals surface area contributed by atoms with E-state index in [4.69, 9.17) is 4.74 Å². The number of amides is 2. The average Bonchev–Trinajstić information content (AvgIpc) is 2.61. The van der Waals surface area contributed by atoms with E-state index in [2.05, 4.69) is 5.32 Å². The maximum absolute atomic E-state index is 13.5. The topological polar surface area (TPSA) is 75.7 Å². The van der Waals surface area contributed by atoms with Crippen LogP contribution in [0.5, 0.6) is 0 Å². The van der Waals surface area contributed by atoms with Crippen LogP contribution in [0.15, 0.2) is 18.2 Å². The number of hydrogen-bond donors (Lipinski definition) is 1. The largest absolute Gasteiger partial charge is 0.455 e. The fourth-order valence-electron chi connectivity index (χ4n) is 2.91. The quantitative estimate of drug-likeness (QED) is 0.818. The number of piperidine rings is 1. The SMILES string of the molecule is Cc1ccc(NC(=O)COC(=O)C2CCN(C(=O)C(C)(C)C)CC2)cc1F. The van der Waals surface area contributed by atoms with Crippen molar-refractivity contribution in [2.75, 3.05) is 25.0 Å². The highest BCUT2D eigenvalue weighted by Gasteiger charge is 2.33. The van der Waals surface area contributed by atoms with Crippen LogP contribution in [0.3, 0.4) is 0 Å². The smallest absolute Gasteiger partial charge is 0.309 e. The lowest BCUT2D eigenvalue weighted by Gasteiger charge is -2.34. The summed E-state index contributed by atoms with van der Waals surface area (Å²) in [6, 6.07) is 4.36. The second-order valence-electron chi connectivity index (χ2n) is 7.94. The average molecular weight is 378 g/mol. The summed E-state index contributed by atoms with van der Waals surface area (Å²) in [4.78, 5) is 38.1. The van der Waals surface area contributed by atoms with Gasteiger partial charge in [0.15, 0.2) is 6.61 Å². The van der Waals surface area contributed by atoms with Crippen molar-refractivity contribution in [3.63, 3.8) is 0 Å². The zero-order valence-corrected chi connectivity index (χ0v) is 16.3. The summed E-state index contributed by atoms with van der Waals surface area (Å²) in [7, 11) is 0. The number of carbonyl (C=O) groups is 3. The van der Waals surface area contributed by atoms with Gasteiger partial charge in [-0.05, 0) is 37.5 Å². The predicted molar refractivity (Wildman–Crippen MR) is 99.5 cm³/mol. The van der Waals surface area contributed by atoms with E-state index < -0.39 is 29.7 Å². The van der Waals surface area contributed by atoms with Crippen LogP contribution in [-0.4, -0.2) is 42.4 Å². The number of nitrogens with one attached hydrogen (secondary N) is 1. The Hall–Kier alpha value is -2.44. The van der Waals surface area contributed by atoms with Crippen LogP contribution < -0.4 is 5.32 Å². The van der Waals surface area contributed by atoms with E-state index in [0.29, 0.717) is 37.2 Å². The summed E-state index contributed by atoms with van der Waals surface area (Å²) in [5, 5.41) is 2.50. The van der Waals surface area contributed by atoms with Gasteiger partial charge in [0.25, 0.3) is 5.91 Å². The highest BCUT2D eigenvalue weighted by Crippen LogP contribution is 2.24. The fourth-order valence-corrected chi connectivity index (χ4v) is 2.91. The molecule has 1 heterocycles. The van der Waals surface area contributed by atoms with Gasteiger partial charge < -0.3 is 15.0 Å². The fraction of sp³-hybridized carbons (Fsp3) is 0.550. The minimum absolute atomic E-state index is 0.0685. The van der Waals surface area contributed by atoms with Gasteiger partial charge in [0.05, 0.1) is 5.92 Å². The molecule has 27 heavy (non-hydrogen) atoms. The molecule has 1 aliphatic rings. The minimum Gasteiger partial charge on any atom is -0.455 e. The first kappa shape index (κ1) is 20.9. The van der Waals surface area contributed by atoms with Crippen LogP contribution >= 0.6 is 0 Å². The summed E-state index contributed by atoms with van der Waals surface area (Å²) in [5.41, 5.74) is 0.352. The third-order valence-electron chi connectivity index (χ3n) is 4.56. The maximum Gasteiger partial charge on any atom is 0.309 e. The molecule has 0 saturated carbocycles. The van der Waals surface area contributed by atoms with E-state index in [1.165, 1.54) is 6.07 Å². The zero-order valence-electron chi connectivity index (χ0n) is 16.3. The minimum atomic E-state index is -0.521. The maximum atomic E-state index is 13.5. The van der Waals surface area contributed by atoms with Crippen LogP contribution in [0.2, 0.25) is 0 Å². The van der Waals surface area contributed by atoms with Crippen molar-refractivity contribution in [1.82, 2.24) is 4.90 Å². The lowest BCUT2D eigenvalue weighted by atomic mass is 9.91. The Morgan fingerprint density at radius 3 is 2.41 bits per heavy atom. The molecule has 1 fully saturated rings. The highest BCUT2D eigenvalue weighted by molar-refractivity contribution is 5.93. The Bertz CT molecular complexity index is 719. The van der Waals surface area contributed by atoms with Gasteiger partial charge >= 0.3 is 5.97 Å². The number of aryl methyl sites for hydroxylation is 1. The Kier molecular flexibility index (Phi) is 6.57. The van der Waals surface area contributed by atoms with E-state index >= 15 is 0 Å². The summed E-state index contributed by atoms with van der Waals surface area (Å²) in [6.45, 7) is 7.82. The Balaban J connectivity index is 1.77. The number of nitrogens with zero attached hydrogens (tertiary/aromatic N) is 1. The molecule has 0 radical (unpaired) electrons. The highest BCUT2D eigenvalue weighted by atomic mass is 19.1. The first-order valence-electron chi connectivity index (χ1n) is 9.10. The first-order chi connectivity index (χ1) is 12.6. The number of esters is 1. The van der Waals surface area contributed by atoms with Gasteiger partial charge in [-0.1, -0.05) is 26.8 Å². The normalized spacial score (nSPS) is 15.4. The van der Waals surface area contributed by atoms with Crippen molar-refractivity contribution in [2.24, 2.45) is 11.3 Å². The molecule has 6 nitrogen and oxygen atoms in total. The van der Waals surface area contributed by atoms with Gasteiger partial charge in [-0.15, -0.1) is 0 Å². The number of hydrogen-bond acceptors (Lipinski definition) is 4. The third-order valence-corrected chi connectivity index (χ3v) is 4.56. The molecule has 0 aromatic heterocycles. The Morgan fingerprint density at radius 1 is 1.22 bits per heavy atom. The molecule has 1 aromatic rings. The number of benzene rings is 1. The van der Waals surface area contributed by atoms with Gasteiger partial charge in [0.1, 0.15) is 5.82 Å². The van der Waals surface area contributed by atoms with E-state index in [1.807, 2.05) is 20.8 Å². The standard InChI is InChI=1S/C20H27FN2O4/c1-13-5-6-15(11-16(13)21)22-17(24)12-27-18(25)14-7-9-23(10-8-14)19(26)20(2,3)4/h5-6,11,14H,7-10,12H2,1-4H3,(H,22,24). The molecule has 0 unspecified atom stereocenters. The van der Waals surface area contributed by atoms with Crippen molar-refractivity contribution in [3.8, 4) is 0 Å². The summed E-state index contributed by atoms with van der Waals surface area (Å²) >= 11 is 0. The molecule has 0 bridgehead atoms. The molecule has 0 spiro atoms. The number of rotatable bonds is 4. The molecule has 7 heteroatoms. The number of anilines is 1. The third kappa shape index (κ3) is 5.77. The van der Waals surface area contributed by atoms with Crippen molar-refractivity contribution >= 4 is 23.5 Å². The van der Waals surface area contributed by atoms with Crippen LogP contribution in [-0.2, 0) is 19.1 Å². The van der Waals surface area contributed by atoms with E-state index in [1.54, 1.807) is 24.0 Å². The molecular weight excluding hydrogens is 351 g/mol. The molecule has 148 valence electrons. The second-order valence-corrected chi connectivity index (χ2v) is 7.94. The van der Waals surface area contributed by atoms with Crippen molar-refractivity contribution in [2.45, 2.75) is 40.5 Å². The van der Waals surface area contributed by atoms with E-state index in [-0.39, 0.29) is 11.8 Å². The van der Waals surface area contributed by atoms with Crippen LogP contribution in [0.1, 0.15) is 39.2 Å². The lowest BCUT2D eigenvalue weighted by Crippen LogP contribution is -2.45. The molecule has 2 rings (SSSR count). The molecule has 1 N–H and O–H groups in total. The lowest BCUT2D eigenvalue weighted by molar-refractivity contribution is -0.155. The molecule has 2 amide bonds. The van der Waals surface area contributed by atoms with Gasteiger partial charge in [0.2, 0.25) is 5.91 Å². The van der Waals surface area contributed by atoms with Crippen molar-refractivity contribution in [3.05, 3.63) is 29.6 Å². The van der Waals surface area contributed by atoms with Gasteiger partial charge in [-0.3, -0.25) is 14.4 Å². The molecular formula is C20H27FN2O4. The number of likely N-dealkylation sites (tertiary alicyclic amines) is 1. The van der Waals surface area contributed by atoms with Gasteiger partial charge in [-0.2, -0.15) is 0 Å². The van der Waals surface area contributed by atoms with E-state index in [9.17, 15) is 18.8 Å². The Morgan fingerprint density at radius 2 is 1.85 bits per heavy atom. The molecule has 1 aromatic carbocycles. The molecule has 0 atom stereocenters. The summed E-state index contributed by atoms with van der Waals surface area (Å²) in [6.07, 6.45) is 1.04. The zero-order chi connectivity index (χ0) is 20.2. The molecule has 1 aliphatic heterocycles. The van der Waals surface area contributed by atoms with Crippen molar-refractivity contribution in [1.29, 1.82) is 0 Å². The number of carbonyl (C=O) groups excluding carboxylic acids is 3. The van der Waals surface area contributed by atoms with E-state index in [0.717, 1.165) is 0 Å². The van der Waals surface area contributed by atoms with Crippen LogP contribution in [0, 0.1) is 24.1 Å². The first-order valence-corrected chi connectivity index (χ1v) is 9.10. The van der Waals surface area contributed by atoms with Crippen LogP contribution in [0.4, 0.5) is 10.1 Å². The van der Waals surface area contributed by atoms with Gasteiger partial charge in [-0.25, -0.2) is 4.39 Å². The summed E-state index contributed by atoms with van der Waals surface area (Å²) in [5.74, 6) is -1.63. The second kappa shape index (κ2) is 8.50. The Labute approximate surface area is 159 Å². The van der Waals surface area contributed by atoms with Crippen molar-refractivity contribution < 1.29 is 23.5 Å². The van der Waals surface area contributed by atoms with Crippen LogP contribution in [0.25, 0.3) is 0 Å². The molecule has 0 aliphatic carbocycles. The molecule has 1 saturated heterocycles. The van der Waals surface area contributed by atoms with Gasteiger partial charge in [0, 0.05) is 24.2 Å². The monoisotopic (exact) mass is 378 g/mol. The predicted octanol–water partition coefficient (Wildman–Crippen LogP) is 2.90.